The predicted molar refractivity (Wildman–Crippen MR) is 112 cm³/mol. The van der Waals surface area contributed by atoms with Gasteiger partial charge < -0.3 is 16.0 Å². The number of benzene rings is 1. The minimum atomic E-state index is -0.365. The number of nitrogens with zero attached hydrogens (tertiary/aromatic N) is 4. The van der Waals surface area contributed by atoms with Crippen molar-refractivity contribution in [3.8, 4) is 5.69 Å². The summed E-state index contributed by atoms with van der Waals surface area (Å²) in [7, 11) is 0. The molecule has 2 aliphatic heterocycles. The number of anilines is 1. The second-order valence-corrected chi connectivity index (χ2v) is 7.17. The average Bonchev–Trinajstić information content (AvgIpc) is 3.26. The van der Waals surface area contributed by atoms with Gasteiger partial charge in [-0.1, -0.05) is 30.2 Å². The van der Waals surface area contributed by atoms with Crippen molar-refractivity contribution in [1.82, 2.24) is 30.8 Å². The molecule has 3 N–H and O–H groups in total. The van der Waals surface area contributed by atoms with Crippen molar-refractivity contribution in [2.24, 2.45) is 0 Å². The van der Waals surface area contributed by atoms with E-state index in [1.807, 2.05) is 37.3 Å². The number of amides is 1. The smallest absolute Gasteiger partial charge is 0.248 e. The van der Waals surface area contributed by atoms with Gasteiger partial charge in [-0.25, -0.2) is 0 Å². The number of hydrogen-bond acceptors (Lipinski definition) is 6. The van der Waals surface area contributed by atoms with Gasteiger partial charge in [0.1, 0.15) is 6.04 Å². The van der Waals surface area contributed by atoms with Crippen LogP contribution in [0, 0.1) is 0 Å². The highest BCUT2D eigenvalue weighted by molar-refractivity contribution is 5.85. The number of rotatable bonds is 6. The molecule has 8 nitrogen and oxygen atoms in total. The number of tetrazole rings is 1. The second-order valence-electron chi connectivity index (χ2n) is 7.17. The zero-order valence-corrected chi connectivity index (χ0v) is 17.4. The summed E-state index contributed by atoms with van der Waals surface area (Å²) in [6.45, 7) is 1.99. The van der Waals surface area contributed by atoms with E-state index in [2.05, 4.69) is 31.5 Å². The molecule has 2 fully saturated rings. The molecule has 0 aliphatic carbocycles. The lowest BCUT2D eigenvalue weighted by Crippen LogP contribution is -2.51. The highest BCUT2D eigenvalue weighted by Gasteiger charge is 2.34. The van der Waals surface area contributed by atoms with E-state index in [0.29, 0.717) is 24.5 Å². The van der Waals surface area contributed by atoms with Gasteiger partial charge in [-0.05, 0) is 54.7 Å². The van der Waals surface area contributed by atoms with Crippen LogP contribution in [0.5, 0.6) is 0 Å². The predicted octanol–water partition coefficient (Wildman–Crippen LogP) is 2.10. The molecule has 2 saturated heterocycles. The Balaban J connectivity index is 0.00000140. The minimum Gasteiger partial charge on any atom is -0.351 e. The number of halogens is 2. The van der Waals surface area contributed by atoms with Crippen molar-refractivity contribution in [3.63, 3.8) is 0 Å². The maximum Gasteiger partial charge on any atom is 0.248 e. The van der Waals surface area contributed by atoms with Crippen LogP contribution in [0.3, 0.4) is 0 Å². The van der Waals surface area contributed by atoms with Crippen LogP contribution in [-0.2, 0) is 4.79 Å². The summed E-state index contributed by atoms with van der Waals surface area (Å²) >= 11 is 0. The number of piperidine rings is 1. The number of hydrogen-bond donors (Lipinski definition) is 3. The van der Waals surface area contributed by atoms with Crippen molar-refractivity contribution in [1.29, 1.82) is 0 Å². The molecule has 28 heavy (non-hydrogen) atoms. The first kappa shape index (κ1) is 22.4. The van der Waals surface area contributed by atoms with E-state index in [0.717, 1.165) is 18.5 Å². The topological polar surface area (TPSA) is 96.8 Å². The lowest BCUT2D eigenvalue weighted by atomic mass is 9.99. The van der Waals surface area contributed by atoms with Crippen molar-refractivity contribution in [3.05, 3.63) is 30.3 Å². The Hall–Kier alpha value is -1.90. The molecule has 2 aliphatic rings. The van der Waals surface area contributed by atoms with E-state index >= 15 is 0 Å². The van der Waals surface area contributed by atoms with E-state index < -0.39 is 0 Å². The van der Waals surface area contributed by atoms with Gasteiger partial charge in [-0.2, -0.15) is 4.68 Å². The zero-order valence-electron chi connectivity index (χ0n) is 15.7. The number of fused-ring (bicyclic) bond motifs is 2. The number of carbonyl (C=O) groups excluding carboxylic acids is 1. The van der Waals surface area contributed by atoms with E-state index in [1.54, 1.807) is 4.68 Å². The molecule has 0 radical (unpaired) electrons. The van der Waals surface area contributed by atoms with Gasteiger partial charge in [0.25, 0.3) is 0 Å². The maximum atomic E-state index is 12.8. The van der Waals surface area contributed by atoms with Crippen LogP contribution in [0.15, 0.2) is 30.3 Å². The quantitative estimate of drug-likeness (QED) is 0.652. The Kier molecular flexibility index (Phi) is 8.03. The van der Waals surface area contributed by atoms with Gasteiger partial charge in [0.2, 0.25) is 11.9 Å². The maximum absolute atomic E-state index is 12.8. The molecule has 3 unspecified atom stereocenters. The average molecular weight is 428 g/mol. The molecule has 4 rings (SSSR count). The number of aromatic nitrogens is 4. The van der Waals surface area contributed by atoms with Gasteiger partial charge in [0.05, 0.1) is 5.69 Å². The van der Waals surface area contributed by atoms with Gasteiger partial charge in [-0.3, -0.25) is 4.79 Å². The third kappa shape index (κ3) is 4.92. The van der Waals surface area contributed by atoms with Crippen molar-refractivity contribution >= 4 is 36.7 Å². The van der Waals surface area contributed by atoms with Crippen LogP contribution >= 0.6 is 24.8 Å². The number of para-hydroxylation sites is 1. The molecule has 2 bridgehead atoms. The van der Waals surface area contributed by atoms with Crippen molar-refractivity contribution in [2.45, 2.75) is 63.2 Å². The van der Waals surface area contributed by atoms with E-state index in [4.69, 9.17) is 0 Å². The second kappa shape index (κ2) is 10.0. The standard InChI is InChI=1S/C18H25N7O.2ClH/c1-2-16(17(26)20-14-10-12-8-9-13(11-14)19-12)21-18-22-23-24-25(18)15-6-4-3-5-7-15;;/h3-7,12-14,16,19H,2,8-11H2,1H3,(H,20,26)(H,21,22,24);2*1H. The van der Waals surface area contributed by atoms with E-state index in [1.165, 1.54) is 12.8 Å². The molecule has 1 aromatic carbocycles. The van der Waals surface area contributed by atoms with E-state index in [9.17, 15) is 4.79 Å². The Morgan fingerprint density at radius 2 is 1.89 bits per heavy atom. The first-order valence-corrected chi connectivity index (χ1v) is 9.39. The van der Waals surface area contributed by atoms with Crippen LogP contribution in [0.1, 0.15) is 39.0 Å². The van der Waals surface area contributed by atoms with Crippen LogP contribution in [-0.4, -0.2) is 50.3 Å². The molecule has 2 aromatic rings. The summed E-state index contributed by atoms with van der Waals surface area (Å²) in [4.78, 5) is 12.8. The van der Waals surface area contributed by atoms with Crippen molar-refractivity contribution in [2.75, 3.05) is 5.32 Å². The largest absolute Gasteiger partial charge is 0.351 e. The Bertz CT molecular complexity index is 745. The summed E-state index contributed by atoms with van der Waals surface area (Å²) in [6.07, 6.45) is 5.13. The fraction of sp³-hybridized carbons (Fsp3) is 0.556. The monoisotopic (exact) mass is 427 g/mol. The van der Waals surface area contributed by atoms with Gasteiger partial charge in [0, 0.05) is 18.1 Å². The first-order valence-electron chi connectivity index (χ1n) is 9.39. The molecule has 154 valence electrons. The molecule has 0 saturated carbocycles. The molecular formula is C18H27Cl2N7O. The lowest BCUT2D eigenvalue weighted by Gasteiger charge is -2.31. The molecule has 1 amide bonds. The summed E-state index contributed by atoms with van der Waals surface area (Å²) in [5.74, 6) is 0.491. The first-order chi connectivity index (χ1) is 12.7. The summed E-state index contributed by atoms with van der Waals surface area (Å²) in [5.41, 5.74) is 0.852. The van der Waals surface area contributed by atoms with Crippen LogP contribution in [0.2, 0.25) is 0 Å². The van der Waals surface area contributed by atoms with Gasteiger partial charge in [-0.15, -0.1) is 24.8 Å². The molecular weight excluding hydrogens is 401 g/mol. The van der Waals surface area contributed by atoms with E-state index in [-0.39, 0.29) is 42.8 Å². The highest BCUT2D eigenvalue weighted by Crippen LogP contribution is 2.26. The van der Waals surface area contributed by atoms with Crippen LogP contribution < -0.4 is 16.0 Å². The molecule has 0 spiro atoms. The van der Waals surface area contributed by atoms with Crippen LogP contribution in [0.4, 0.5) is 5.95 Å². The third-order valence-electron chi connectivity index (χ3n) is 5.32. The fourth-order valence-electron chi connectivity index (χ4n) is 4.01. The molecule has 1 aromatic heterocycles. The minimum absolute atomic E-state index is 0. The van der Waals surface area contributed by atoms with Crippen molar-refractivity contribution < 1.29 is 4.79 Å². The number of carbonyl (C=O) groups is 1. The highest BCUT2D eigenvalue weighted by atomic mass is 35.5. The summed E-state index contributed by atoms with van der Waals surface area (Å²) in [6, 6.07) is 10.6. The number of nitrogens with one attached hydrogen (secondary N) is 3. The zero-order chi connectivity index (χ0) is 17.9. The van der Waals surface area contributed by atoms with Gasteiger partial charge >= 0.3 is 0 Å². The fourth-order valence-corrected chi connectivity index (χ4v) is 4.01. The Labute approximate surface area is 177 Å². The molecule has 3 heterocycles. The Morgan fingerprint density at radius 1 is 1.21 bits per heavy atom. The van der Waals surface area contributed by atoms with Gasteiger partial charge in [0.15, 0.2) is 0 Å². The SMILES string of the molecule is CCC(Nc1nnnn1-c1ccccc1)C(=O)NC1CC2CCC(C1)N2.Cl.Cl. The summed E-state index contributed by atoms with van der Waals surface area (Å²) in [5, 5.41) is 21.9. The lowest BCUT2D eigenvalue weighted by molar-refractivity contribution is -0.122. The molecule has 3 atom stereocenters. The summed E-state index contributed by atoms with van der Waals surface area (Å²) < 4.78 is 1.61. The van der Waals surface area contributed by atoms with Crippen LogP contribution in [0.25, 0.3) is 5.69 Å². The molecule has 10 heteroatoms. The third-order valence-corrected chi connectivity index (χ3v) is 5.32. The Morgan fingerprint density at radius 3 is 2.54 bits per heavy atom. The normalized spacial score (nSPS) is 23.8.